The van der Waals surface area contributed by atoms with Crippen LogP contribution in [0.1, 0.15) is 44.4 Å². The highest BCUT2D eigenvalue weighted by molar-refractivity contribution is 6.34. The topological polar surface area (TPSA) is 93.1 Å². The molecule has 7 heteroatoms. The number of aliphatic hydroxyl groups is 1. The minimum absolute atomic E-state index is 0.112. The van der Waals surface area contributed by atoms with Crippen LogP contribution in [0.2, 0.25) is 0 Å². The summed E-state index contributed by atoms with van der Waals surface area (Å²) in [5.41, 5.74) is 0.827. The van der Waals surface area contributed by atoms with Crippen molar-refractivity contribution < 1.29 is 29.0 Å². The smallest absolute Gasteiger partial charge is 0.338 e. The van der Waals surface area contributed by atoms with Gasteiger partial charge in [-0.25, -0.2) is 9.69 Å². The minimum atomic E-state index is -0.750. The van der Waals surface area contributed by atoms with E-state index in [1.807, 2.05) is 0 Å². The molecular formula is C22H19NO6. The Labute approximate surface area is 167 Å². The number of hydrogen-bond donors (Lipinski definition) is 1. The second-order valence-electron chi connectivity index (χ2n) is 6.35. The number of anilines is 1. The van der Waals surface area contributed by atoms with Gasteiger partial charge in [-0.05, 0) is 48.9 Å². The normalized spacial score (nSPS) is 13.6. The average Bonchev–Trinajstić information content (AvgIpc) is 3.00. The summed E-state index contributed by atoms with van der Waals surface area (Å²) in [6, 6.07) is 10.6. The minimum Gasteiger partial charge on any atom is -0.481 e. The van der Waals surface area contributed by atoms with Crippen molar-refractivity contribution in [3.8, 4) is 18.1 Å². The Kier molecular flexibility index (Phi) is 5.96. The third-order valence-corrected chi connectivity index (χ3v) is 4.42. The summed E-state index contributed by atoms with van der Waals surface area (Å²) in [5.74, 6) is 1.18. The van der Waals surface area contributed by atoms with Gasteiger partial charge in [0.2, 0.25) is 0 Å². The first kappa shape index (κ1) is 20.1. The fourth-order valence-corrected chi connectivity index (χ4v) is 2.79. The van der Waals surface area contributed by atoms with Crippen molar-refractivity contribution in [2.45, 2.75) is 19.4 Å². The Balaban J connectivity index is 1.80. The van der Waals surface area contributed by atoms with E-state index in [9.17, 15) is 19.5 Å². The second-order valence-corrected chi connectivity index (χ2v) is 6.35. The molecule has 1 aliphatic rings. The van der Waals surface area contributed by atoms with Gasteiger partial charge in [0, 0.05) is 0 Å². The lowest BCUT2D eigenvalue weighted by atomic mass is 10.1. The highest BCUT2D eigenvalue weighted by Crippen LogP contribution is 2.30. The number of benzene rings is 2. The molecule has 1 heterocycles. The summed E-state index contributed by atoms with van der Waals surface area (Å²) in [5, 5.41) is 9.51. The zero-order valence-electron chi connectivity index (χ0n) is 15.8. The van der Waals surface area contributed by atoms with Gasteiger partial charge in [0.1, 0.15) is 19.0 Å². The summed E-state index contributed by atoms with van der Waals surface area (Å²) in [4.78, 5) is 38.7. The fourth-order valence-electron chi connectivity index (χ4n) is 2.79. The lowest BCUT2D eigenvalue weighted by molar-refractivity contribution is 0.0250. The number of amides is 2. The zero-order chi connectivity index (χ0) is 21.0. The van der Waals surface area contributed by atoms with Crippen LogP contribution in [0.4, 0.5) is 5.69 Å². The van der Waals surface area contributed by atoms with Gasteiger partial charge in [-0.2, -0.15) is 0 Å². The number of rotatable bonds is 7. The molecular weight excluding hydrogens is 374 g/mol. The van der Waals surface area contributed by atoms with Crippen LogP contribution in [-0.2, 0) is 4.74 Å². The van der Waals surface area contributed by atoms with E-state index in [1.54, 1.807) is 31.2 Å². The average molecular weight is 393 g/mol. The molecule has 0 radical (unpaired) electrons. The molecule has 0 aromatic heterocycles. The molecule has 2 aromatic rings. The molecule has 1 unspecified atom stereocenters. The Morgan fingerprint density at radius 3 is 2.48 bits per heavy atom. The summed E-state index contributed by atoms with van der Waals surface area (Å²) in [6.45, 7) is 1.74. The van der Waals surface area contributed by atoms with Crippen LogP contribution >= 0.6 is 0 Å². The predicted octanol–water partition coefficient (Wildman–Crippen LogP) is 2.43. The Morgan fingerprint density at radius 1 is 1.14 bits per heavy atom. The molecule has 0 fully saturated rings. The molecule has 2 aromatic carbocycles. The van der Waals surface area contributed by atoms with E-state index in [1.165, 1.54) is 18.2 Å². The molecule has 1 N–H and O–H groups in total. The van der Waals surface area contributed by atoms with Crippen molar-refractivity contribution in [1.29, 1.82) is 0 Å². The number of carbonyl (C=O) groups excluding carboxylic acids is 3. The van der Waals surface area contributed by atoms with Crippen LogP contribution in [0, 0.1) is 12.3 Å². The van der Waals surface area contributed by atoms with E-state index in [-0.39, 0.29) is 29.9 Å². The third kappa shape index (κ3) is 4.13. The van der Waals surface area contributed by atoms with Crippen molar-refractivity contribution in [1.82, 2.24) is 0 Å². The summed E-state index contributed by atoms with van der Waals surface area (Å²) in [7, 11) is 0. The van der Waals surface area contributed by atoms with Crippen molar-refractivity contribution in [2.24, 2.45) is 0 Å². The zero-order valence-corrected chi connectivity index (χ0v) is 15.8. The Morgan fingerprint density at radius 2 is 1.83 bits per heavy atom. The molecule has 1 atom stereocenters. The standard InChI is InChI=1S/C22H19NO6/c1-3-11-28-17-8-6-15(7-9-17)23-20(25)18-10-5-14(12-19(18)21(23)26)22(27)29-13-16(24)4-2/h1,5-10,12,16,24H,4,11,13H2,2H3. The maximum Gasteiger partial charge on any atom is 0.338 e. The van der Waals surface area contributed by atoms with Crippen LogP contribution < -0.4 is 9.64 Å². The molecule has 0 aliphatic carbocycles. The maximum atomic E-state index is 12.8. The number of nitrogens with zero attached hydrogens (tertiary/aromatic N) is 1. The molecule has 3 rings (SSSR count). The highest BCUT2D eigenvalue weighted by Gasteiger charge is 2.37. The lowest BCUT2D eigenvalue weighted by Crippen LogP contribution is -2.29. The molecule has 7 nitrogen and oxygen atoms in total. The molecule has 0 spiro atoms. The fraction of sp³-hybridized carbons (Fsp3) is 0.227. The van der Waals surface area contributed by atoms with Crippen LogP contribution in [0.5, 0.6) is 5.75 Å². The van der Waals surface area contributed by atoms with Crippen LogP contribution in [0.15, 0.2) is 42.5 Å². The van der Waals surface area contributed by atoms with E-state index in [4.69, 9.17) is 15.9 Å². The lowest BCUT2D eigenvalue weighted by Gasteiger charge is -2.14. The van der Waals surface area contributed by atoms with Crippen molar-refractivity contribution in [3.63, 3.8) is 0 Å². The summed E-state index contributed by atoms with van der Waals surface area (Å²) in [6.07, 6.45) is 4.85. The molecule has 2 amide bonds. The Bertz CT molecular complexity index is 989. The first-order valence-electron chi connectivity index (χ1n) is 9.00. The number of imide groups is 1. The van der Waals surface area contributed by atoms with Gasteiger partial charge in [0.05, 0.1) is 28.5 Å². The van der Waals surface area contributed by atoms with Crippen molar-refractivity contribution in [2.75, 3.05) is 18.1 Å². The van der Waals surface area contributed by atoms with Crippen LogP contribution in [0.3, 0.4) is 0 Å². The number of fused-ring (bicyclic) bond motifs is 1. The van der Waals surface area contributed by atoms with Gasteiger partial charge in [-0.15, -0.1) is 6.42 Å². The molecule has 148 valence electrons. The molecule has 29 heavy (non-hydrogen) atoms. The number of esters is 1. The number of aliphatic hydroxyl groups excluding tert-OH is 1. The third-order valence-electron chi connectivity index (χ3n) is 4.42. The van der Waals surface area contributed by atoms with Gasteiger partial charge in [-0.1, -0.05) is 12.8 Å². The van der Waals surface area contributed by atoms with Gasteiger partial charge in [-0.3, -0.25) is 9.59 Å². The number of ether oxygens (including phenoxy) is 2. The largest absolute Gasteiger partial charge is 0.481 e. The molecule has 0 bridgehead atoms. The van der Waals surface area contributed by atoms with Crippen molar-refractivity contribution >= 4 is 23.5 Å². The van der Waals surface area contributed by atoms with Crippen LogP contribution in [-0.4, -0.2) is 42.2 Å². The maximum absolute atomic E-state index is 12.8. The van der Waals surface area contributed by atoms with Gasteiger partial charge >= 0.3 is 5.97 Å². The van der Waals surface area contributed by atoms with Gasteiger partial charge in [0.25, 0.3) is 11.8 Å². The van der Waals surface area contributed by atoms with Crippen molar-refractivity contribution in [3.05, 3.63) is 59.2 Å². The summed E-state index contributed by atoms with van der Waals surface area (Å²) >= 11 is 0. The van der Waals surface area contributed by atoms with Crippen LogP contribution in [0.25, 0.3) is 0 Å². The van der Waals surface area contributed by atoms with Gasteiger partial charge in [0.15, 0.2) is 0 Å². The first-order chi connectivity index (χ1) is 14.0. The highest BCUT2D eigenvalue weighted by atomic mass is 16.5. The second kappa shape index (κ2) is 8.59. The number of carbonyl (C=O) groups is 3. The van der Waals surface area contributed by atoms with E-state index in [0.717, 1.165) is 4.90 Å². The summed E-state index contributed by atoms with van der Waals surface area (Å²) < 4.78 is 10.3. The SMILES string of the molecule is C#CCOc1ccc(N2C(=O)c3ccc(C(=O)OCC(O)CC)cc3C2=O)cc1. The predicted molar refractivity (Wildman–Crippen MR) is 105 cm³/mol. The first-order valence-corrected chi connectivity index (χ1v) is 9.00. The number of hydrogen-bond acceptors (Lipinski definition) is 6. The van der Waals surface area contributed by atoms with E-state index >= 15 is 0 Å². The Hall–Kier alpha value is -3.63. The number of terminal acetylenes is 1. The quantitative estimate of drug-likeness (QED) is 0.441. The van der Waals surface area contributed by atoms with E-state index in [2.05, 4.69) is 5.92 Å². The van der Waals surface area contributed by atoms with E-state index in [0.29, 0.717) is 17.9 Å². The molecule has 0 saturated carbocycles. The van der Waals surface area contributed by atoms with E-state index < -0.39 is 23.9 Å². The molecule has 1 aliphatic heterocycles. The molecule has 0 saturated heterocycles. The van der Waals surface area contributed by atoms with Gasteiger partial charge < -0.3 is 14.6 Å². The monoisotopic (exact) mass is 393 g/mol.